The Morgan fingerprint density at radius 1 is 0.842 bits per heavy atom. The Hall–Kier alpha value is -3.71. The zero-order chi connectivity index (χ0) is 28.8. The van der Waals surface area contributed by atoms with E-state index in [-0.39, 0.29) is 24.5 Å². The van der Waals surface area contributed by atoms with Crippen molar-refractivity contribution in [3.05, 3.63) is 29.8 Å². The molecule has 10 N–H and O–H groups in total. The number of aromatic hydroxyl groups is 1. The number of carbonyl (C=O) groups excluding carboxylic acids is 3. The van der Waals surface area contributed by atoms with Gasteiger partial charge in [-0.25, -0.2) is 4.79 Å². The summed E-state index contributed by atoms with van der Waals surface area (Å²) in [5, 5.41) is 35.5. The predicted molar refractivity (Wildman–Crippen MR) is 138 cm³/mol. The van der Waals surface area contributed by atoms with Crippen LogP contribution in [0.1, 0.15) is 51.5 Å². The maximum absolute atomic E-state index is 13.0. The number of hydrogen-bond acceptors (Lipinski definition) is 8. The quantitative estimate of drug-likeness (QED) is 0.118. The summed E-state index contributed by atoms with van der Waals surface area (Å²) in [6.45, 7) is 4.03. The van der Waals surface area contributed by atoms with Crippen LogP contribution >= 0.6 is 0 Å². The molecular formula is C25H39N5O8. The molecule has 0 bridgehead atoms. The van der Waals surface area contributed by atoms with Crippen LogP contribution in [0.5, 0.6) is 5.75 Å². The van der Waals surface area contributed by atoms with Crippen molar-refractivity contribution in [1.29, 1.82) is 0 Å². The van der Waals surface area contributed by atoms with Gasteiger partial charge in [0.1, 0.15) is 23.9 Å². The van der Waals surface area contributed by atoms with Crippen LogP contribution < -0.4 is 27.4 Å². The molecule has 0 aromatic heterocycles. The molecule has 0 aliphatic carbocycles. The average molecular weight is 538 g/mol. The number of phenols is 1. The molecule has 4 unspecified atom stereocenters. The Kier molecular flexibility index (Phi) is 13.8. The summed E-state index contributed by atoms with van der Waals surface area (Å²) < 4.78 is 0. The largest absolute Gasteiger partial charge is 0.508 e. The second kappa shape index (κ2) is 16.2. The number of carbonyl (C=O) groups is 5. The van der Waals surface area contributed by atoms with Crippen LogP contribution in [0.25, 0.3) is 0 Å². The van der Waals surface area contributed by atoms with Crippen molar-refractivity contribution in [2.75, 3.05) is 6.54 Å². The van der Waals surface area contributed by atoms with Gasteiger partial charge in [0.05, 0.1) is 12.5 Å². The predicted octanol–water partition coefficient (Wildman–Crippen LogP) is -0.549. The van der Waals surface area contributed by atoms with Gasteiger partial charge >= 0.3 is 11.9 Å². The van der Waals surface area contributed by atoms with Crippen molar-refractivity contribution in [3.8, 4) is 5.75 Å². The van der Waals surface area contributed by atoms with Crippen LogP contribution in [-0.2, 0) is 30.4 Å². The van der Waals surface area contributed by atoms with E-state index in [1.807, 2.05) is 13.8 Å². The summed E-state index contributed by atoms with van der Waals surface area (Å²) in [6.07, 6.45) is 0.516. The van der Waals surface area contributed by atoms with Crippen molar-refractivity contribution in [3.63, 3.8) is 0 Å². The Balaban J connectivity index is 3.03. The van der Waals surface area contributed by atoms with Crippen LogP contribution in [0, 0.1) is 5.92 Å². The highest BCUT2D eigenvalue weighted by Gasteiger charge is 2.31. The lowest BCUT2D eigenvalue weighted by Crippen LogP contribution is -2.57. The molecule has 38 heavy (non-hydrogen) atoms. The number of benzene rings is 1. The van der Waals surface area contributed by atoms with Crippen molar-refractivity contribution in [1.82, 2.24) is 16.0 Å². The Bertz CT molecular complexity index is 954. The van der Waals surface area contributed by atoms with Crippen molar-refractivity contribution < 1.29 is 39.3 Å². The minimum atomic E-state index is -1.50. The van der Waals surface area contributed by atoms with Gasteiger partial charge in [-0.2, -0.15) is 0 Å². The van der Waals surface area contributed by atoms with Crippen LogP contribution in [0.3, 0.4) is 0 Å². The molecule has 0 saturated carbocycles. The molecule has 212 valence electrons. The van der Waals surface area contributed by atoms with Gasteiger partial charge in [0.25, 0.3) is 0 Å². The average Bonchev–Trinajstić information content (AvgIpc) is 2.82. The van der Waals surface area contributed by atoms with Gasteiger partial charge in [0.2, 0.25) is 17.7 Å². The molecule has 0 fully saturated rings. The van der Waals surface area contributed by atoms with E-state index in [9.17, 15) is 39.3 Å². The molecule has 0 heterocycles. The highest BCUT2D eigenvalue weighted by molar-refractivity contribution is 5.95. The van der Waals surface area contributed by atoms with Gasteiger partial charge in [-0.3, -0.25) is 19.2 Å². The lowest BCUT2D eigenvalue weighted by atomic mass is 10.0. The lowest BCUT2D eigenvalue weighted by Gasteiger charge is -2.25. The fourth-order valence-electron chi connectivity index (χ4n) is 3.65. The third-order valence-electron chi connectivity index (χ3n) is 5.64. The number of aliphatic carboxylic acids is 2. The summed E-state index contributed by atoms with van der Waals surface area (Å²) in [5.41, 5.74) is 11.9. The molecular weight excluding hydrogens is 498 g/mol. The maximum Gasteiger partial charge on any atom is 0.326 e. The van der Waals surface area contributed by atoms with Gasteiger partial charge in [-0.1, -0.05) is 26.0 Å². The topological polar surface area (TPSA) is 234 Å². The first-order valence-corrected chi connectivity index (χ1v) is 12.4. The van der Waals surface area contributed by atoms with E-state index in [1.54, 1.807) is 0 Å². The first kappa shape index (κ1) is 32.3. The summed E-state index contributed by atoms with van der Waals surface area (Å²) in [5.74, 6) is -5.00. The number of amides is 3. The minimum absolute atomic E-state index is 0.000471. The minimum Gasteiger partial charge on any atom is -0.508 e. The summed E-state index contributed by atoms with van der Waals surface area (Å²) in [4.78, 5) is 61.6. The molecule has 0 aliphatic heterocycles. The Morgan fingerprint density at radius 2 is 1.39 bits per heavy atom. The van der Waals surface area contributed by atoms with E-state index in [0.29, 0.717) is 31.4 Å². The zero-order valence-corrected chi connectivity index (χ0v) is 21.7. The number of rotatable bonds is 17. The third-order valence-corrected chi connectivity index (χ3v) is 5.64. The number of carboxylic acids is 2. The van der Waals surface area contributed by atoms with Gasteiger partial charge in [0, 0.05) is 6.42 Å². The Morgan fingerprint density at radius 3 is 1.92 bits per heavy atom. The summed E-state index contributed by atoms with van der Waals surface area (Å²) in [7, 11) is 0. The molecule has 1 aromatic carbocycles. The van der Waals surface area contributed by atoms with E-state index < -0.39 is 60.2 Å². The normalized spacial score (nSPS) is 14.1. The van der Waals surface area contributed by atoms with Crippen LogP contribution in [0.15, 0.2) is 24.3 Å². The molecule has 13 nitrogen and oxygen atoms in total. The highest BCUT2D eigenvalue weighted by atomic mass is 16.4. The molecule has 0 saturated heterocycles. The zero-order valence-electron chi connectivity index (χ0n) is 21.7. The fourth-order valence-corrected chi connectivity index (χ4v) is 3.65. The molecule has 4 atom stereocenters. The fraction of sp³-hybridized carbons (Fsp3) is 0.560. The van der Waals surface area contributed by atoms with Gasteiger partial charge in [-0.05, 0) is 55.8 Å². The highest BCUT2D eigenvalue weighted by Crippen LogP contribution is 2.12. The molecule has 1 aromatic rings. The number of unbranched alkanes of at least 4 members (excludes halogenated alkanes) is 1. The van der Waals surface area contributed by atoms with Crippen LogP contribution in [-0.4, -0.2) is 75.7 Å². The first-order valence-electron chi connectivity index (χ1n) is 12.4. The van der Waals surface area contributed by atoms with E-state index in [0.717, 1.165) is 0 Å². The first-order chi connectivity index (χ1) is 17.8. The molecule has 0 aliphatic rings. The number of nitrogens with two attached hydrogens (primary N) is 2. The third kappa shape index (κ3) is 12.0. The molecule has 0 radical (unpaired) electrons. The Labute approximate surface area is 221 Å². The standard InChI is InChI=1S/C25H39N5O8/c1-14(2)11-17(27)22(34)29-19(13-21(32)33)24(36)28-18(5-3-4-10-26)23(35)30-20(25(37)38)12-15-6-8-16(31)9-7-15/h6-9,14,17-20,31H,3-5,10-13,26-27H2,1-2H3,(H,28,36)(H,29,34)(H,30,35)(H,32,33)(H,37,38). The summed E-state index contributed by atoms with van der Waals surface area (Å²) >= 11 is 0. The SMILES string of the molecule is CC(C)CC(N)C(=O)NC(CC(=O)O)C(=O)NC(CCCCN)C(=O)NC(Cc1ccc(O)cc1)C(=O)O. The molecule has 13 heteroatoms. The van der Waals surface area contributed by atoms with Crippen LogP contribution in [0.2, 0.25) is 0 Å². The number of nitrogens with one attached hydrogen (secondary N) is 3. The van der Waals surface area contributed by atoms with E-state index >= 15 is 0 Å². The van der Waals surface area contributed by atoms with E-state index in [2.05, 4.69) is 16.0 Å². The molecule has 0 spiro atoms. The van der Waals surface area contributed by atoms with E-state index in [4.69, 9.17) is 11.5 Å². The summed E-state index contributed by atoms with van der Waals surface area (Å²) in [6, 6.07) is 0.778. The van der Waals surface area contributed by atoms with Crippen molar-refractivity contribution in [2.24, 2.45) is 17.4 Å². The second-order valence-electron chi connectivity index (χ2n) is 9.51. The monoisotopic (exact) mass is 537 g/mol. The maximum atomic E-state index is 13.0. The molecule has 1 rings (SSSR count). The van der Waals surface area contributed by atoms with Gasteiger partial charge < -0.3 is 42.7 Å². The number of hydrogen-bond donors (Lipinski definition) is 8. The van der Waals surface area contributed by atoms with Crippen LogP contribution in [0.4, 0.5) is 0 Å². The second-order valence-corrected chi connectivity index (χ2v) is 9.51. The number of carboxylic acid groups (broad SMARTS) is 2. The smallest absolute Gasteiger partial charge is 0.326 e. The van der Waals surface area contributed by atoms with Crippen molar-refractivity contribution >= 4 is 29.7 Å². The molecule has 3 amide bonds. The van der Waals surface area contributed by atoms with Crippen molar-refractivity contribution in [2.45, 2.75) is 76.5 Å². The van der Waals surface area contributed by atoms with Gasteiger partial charge in [-0.15, -0.1) is 0 Å². The number of phenolic OH excluding ortho intramolecular Hbond substituents is 1. The lowest BCUT2D eigenvalue weighted by molar-refractivity contribution is -0.143. The van der Waals surface area contributed by atoms with Gasteiger partial charge in [0.15, 0.2) is 0 Å². The van der Waals surface area contributed by atoms with E-state index in [1.165, 1.54) is 24.3 Å².